The second-order valence-electron chi connectivity index (χ2n) is 5.46. The first-order chi connectivity index (χ1) is 7.29. The number of aliphatic hydroxyl groups excluding tert-OH is 1. The van der Waals surface area contributed by atoms with Gasteiger partial charge < -0.3 is 5.11 Å². The van der Waals surface area contributed by atoms with Gasteiger partial charge in [0.05, 0.1) is 6.10 Å². The normalized spacial score (nSPS) is 13.6. The van der Waals surface area contributed by atoms with E-state index in [9.17, 15) is 9.90 Å². The lowest BCUT2D eigenvalue weighted by Crippen LogP contribution is -2.13. The van der Waals surface area contributed by atoms with Gasteiger partial charge in [0.15, 0.2) is 5.78 Å². The van der Waals surface area contributed by atoms with Crippen molar-refractivity contribution in [2.75, 3.05) is 0 Å². The van der Waals surface area contributed by atoms with E-state index in [1.54, 1.807) is 31.2 Å². The molecule has 16 heavy (non-hydrogen) atoms. The van der Waals surface area contributed by atoms with Gasteiger partial charge in [-0.15, -0.1) is 0 Å². The van der Waals surface area contributed by atoms with Gasteiger partial charge in [0.1, 0.15) is 0 Å². The van der Waals surface area contributed by atoms with Crippen LogP contribution in [0.3, 0.4) is 0 Å². The number of rotatable bonds is 3. The molecule has 0 saturated heterocycles. The summed E-state index contributed by atoms with van der Waals surface area (Å²) in [5, 5.41) is 9.35. The van der Waals surface area contributed by atoms with Crippen molar-refractivity contribution in [3.8, 4) is 0 Å². The third kappa shape index (κ3) is 3.78. The van der Waals surface area contributed by atoms with Gasteiger partial charge >= 0.3 is 0 Å². The number of ketones is 1. The Kier molecular flexibility index (Phi) is 3.87. The smallest absolute Gasteiger partial charge is 0.163 e. The minimum Gasteiger partial charge on any atom is -0.389 e. The summed E-state index contributed by atoms with van der Waals surface area (Å²) in [5.41, 5.74) is 1.58. The highest BCUT2D eigenvalue weighted by molar-refractivity contribution is 5.96. The first-order valence-electron chi connectivity index (χ1n) is 5.61. The summed E-state index contributed by atoms with van der Waals surface area (Å²) in [6.07, 6.45) is 0.0628. The standard InChI is InChI=1S/C14H20O2/c1-10(15)11-5-7-12(8-6-11)13(16)9-14(2,3)4/h5-8,10,15H,9H2,1-4H3/t10-/m1/s1. The van der Waals surface area contributed by atoms with Gasteiger partial charge in [-0.1, -0.05) is 45.0 Å². The molecule has 0 aliphatic heterocycles. The number of hydrogen-bond donors (Lipinski definition) is 1. The van der Waals surface area contributed by atoms with Crippen LogP contribution in [0, 0.1) is 5.41 Å². The lowest BCUT2D eigenvalue weighted by atomic mass is 9.87. The van der Waals surface area contributed by atoms with E-state index in [0.717, 1.165) is 11.1 Å². The van der Waals surface area contributed by atoms with Crippen molar-refractivity contribution in [3.63, 3.8) is 0 Å². The van der Waals surface area contributed by atoms with Gasteiger partial charge in [0.2, 0.25) is 0 Å². The minimum atomic E-state index is -0.480. The van der Waals surface area contributed by atoms with Gasteiger partial charge in [0, 0.05) is 12.0 Å². The third-order valence-electron chi connectivity index (χ3n) is 2.41. The zero-order valence-electron chi connectivity index (χ0n) is 10.4. The molecular weight excluding hydrogens is 200 g/mol. The molecule has 0 amide bonds. The summed E-state index contributed by atoms with van der Waals surface area (Å²) >= 11 is 0. The summed E-state index contributed by atoms with van der Waals surface area (Å²) in [6, 6.07) is 7.19. The molecule has 1 N–H and O–H groups in total. The predicted molar refractivity (Wildman–Crippen MR) is 65.5 cm³/mol. The predicted octanol–water partition coefficient (Wildman–Crippen LogP) is 3.36. The molecule has 1 aromatic carbocycles. The highest BCUT2D eigenvalue weighted by atomic mass is 16.3. The second-order valence-corrected chi connectivity index (χ2v) is 5.46. The summed E-state index contributed by atoms with van der Waals surface area (Å²) in [4.78, 5) is 11.9. The van der Waals surface area contributed by atoms with E-state index < -0.39 is 6.10 Å². The van der Waals surface area contributed by atoms with Gasteiger partial charge in [0.25, 0.3) is 0 Å². The average molecular weight is 220 g/mol. The Hall–Kier alpha value is -1.15. The zero-order valence-corrected chi connectivity index (χ0v) is 10.4. The van der Waals surface area contributed by atoms with Crippen molar-refractivity contribution in [1.29, 1.82) is 0 Å². The number of hydrogen-bond acceptors (Lipinski definition) is 2. The van der Waals surface area contributed by atoms with Gasteiger partial charge in [-0.2, -0.15) is 0 Å². The maximum Gasteiger partial charge on any atom is 0.163 e. The quantitative estimate of drug-likeness (QED) is 0.793. The Morgan fingerprint density at radius 3 is 2.12 bits per heavy atom. The van der Waals surface area contributed by atoms with E-state index >= 15 is 0 Å². The van der Waals surface area contributed by atoms with Crippen LogP contribution in [0.5, 0.6) is 0 Å². The minimum absolute atomic E-state index is 0.0139. The van der Waals surface area contributed by atoms with Crippen molar-refractivity contribution < 1.29 is 9.90 Å². The summed E-state index contributed by atoms with van der Waals surface area (Å²) < 4.78 is 0. The van der Waals surface area contributed by atoms with Gasteiger partial charge in [-0.25, -0.2) is 0 Å². The first-order valence-corrected chi connectivity index (χ1v) is 5.61. The molecule has 0 spiro atoms. The van der Waals surface area contributed by atoms with Crippen LogP contribution in [0.25, 0.3) is 0 Å². The van der Waals surface area contributed by atoms with Crippen LogP contribution in [0.15, 0.2) is 24.3 Å². The SMILES string of the molecule is C[C@@H](O)c1ccc(C(=O)CC(C)(C)C)cc1. The summed E-state index contributed by atoms with van der Waals surface area (Å²) in [5.74, 6) is 0.157. The largest absolute Gasteiger partial charge is 0.389 e. The van der Waals surface area contributed by atoms with Gasteiger partial charge in [-0.3, -0.25) is 4.79 Å². The number of carbonyl (C=O) groups excluding carboxylic acids is 1. The number of carbonyl (C=O) groups is 1. The molecule has 88 valence electrons. The highest BCUT2D eigenvalue weighted by Gasteiger charge is 2.17. The molecule has 0 radical (unpaired) electrons. The molecule has 0 aliphatic carbocycles. The van der Waals surface area contributed by atoms with Gasteiger partial charge in [-0.05, 0) is 17.9 Å². The number of Topliss-reactive ketones (excluding diaryl/α,β-unsaturated/α-hetero) is 1. The Morgan fingerprint density at radius 2 is 1.75 bits per heavy atom. The van der Waals surface area contributed by atoms with E-state index in [1.165, 1.54) is 0 Å². The third-order valence-corrected chi connectivity index (χ3v) is 2.41. The Morgan fingerprint density at radius 1 is 1.25 bits per heavy atom. The molecule has 0 heterocycles. The number of aliphatic hydroxyl groups is 1. The molecule has 0 bridgehead atoms. The van der Waals surface area contributed by atoms with Crippen molar-refractivity contribution in [1.82, 2.24) is 0 Å². The Balaban J connectivity index is 2.78. The molecule has 0 aromatic heterocycles. The molecule has 1 aromatic rings. The molecule has 2 nitrogen and oxygen atoms in total. The van der Waals surface area contributed by atoms with E-state index in [1.807, 2.05) is 0 Å². The van der Waals surface area contributed by atoms with E-state index in [4.69, 9.17) is 0 Å². The maximum absolute atomic E-state index is 11.9. The van der Waals surface area contributed by atoms with Crippen LogP contribution in [0.2, 0.25) is 0 Å². The molecule has 0 unspecified atom stereocenters. The summed E-state index contributed by atoms with van der Waals surface area (Å²) in [6.45, 7) is 7.87. The van der Waals surface area contributed by atoms with Crippen LogP contribution in [0.4, 0.5) is 0 Å². The molecule has 0 saturated carbocycles. The van der Waals surface area contributed by atoms with Crippen LogP contribution in [-0.4, -0.2) is 10.9 Å². The topological polar surface area (TPSA) is 37.3 Å². The monoisotopic (exact) mass is 220 g/mol. The molecule has 0 aliphatic rings. The van der Waals surface area contributed by atoms with Crippen LogP contribution in [-0.2, 0) is 0 Å². The molecule has 1 atom stereocenters. The average Bonchev–Trinajstić information content (AvgIpc) is 2.15. The Bertz CT molecular complexity index is 355. The van der Waals surface area contributed by atoms with Crippen LogP contribution >= 0.6 is 0 Å². The fourth-order valence-corrected chi connectivity index (χ4v) is 1.53. The highest BCUT2D eigenvalue weighted by Crippen LogP contribution is 2.22. The number of benzene rings is 1. The van der Waals surface area contributed by atoms with E-state index in [0.29, 0.717) is 6.42 Å². The van der Waals surface area contributed by atoms with E-state index in [2.05, 4.69) is 20.8 Å². The molecule has 1 rings (SSSR count). The zero-order chi connectivity index (χ0) is 12.3. The summed E-state index contributed by atoms with van der Waals surface area (Å²) in [7, 11) is 0. The molecular formula is C14H20O2. The van der Waals surface area contributed by atoms with Crippen LogP contribution in [0.1, 0.15) is 56.1 Å². The lowest BCUT2D eigenvalue weighted by molar-refractivity contribution is 0.0939. The maximum atomic E-state index is 11.9. The lowest BCUT2D eigenvalue weighted by Gasteiger charge is -2.16. The van der Waals surface area contributed by atoms with Crippen LogP contribution < -0.4 is 0 Å². The Labute approximate surface area is 97.3 Å². The first kappa shape index (κ1) is 12.9. The van der Waals surface area contributed by atoms with E-state index in [-0.39, 0.29) is 11.2 Å². The molecule has 0 fully saturated rings. The second kappa shape index (κ2) is 4.79. The van der Waals surface area contributed by atoms with Crippen molar-refractivity contribution in [2.24, 2.45) is 5.41 Å². The fraction of sp³-hybridized carbons (Fsp3) is 0.500. The van der Waals surface area contributed by atoms with Crippen molar-refractivity contribution in [3.05, 3.63) is 35.4 Å². The molecule has 2 heteroatoms. The van der Waals surface area contributed by atoms with Crippen molar-refractivity contribution in [2.45, 2.75) is 40.2 Å². The van der Waals surface area contributed by atoms with Crippen molar-refractivity contribution >= 4 is 5.78 Å². The fourth-order valence-electron chi connectivity index (χ4n) is 1.53.